The maximum atomic E-state index is 12.2. The number of aromatic nitrogens is 2. The smallest absolute Gasteiger partial charge is 0.267 e. The lowest BCUT2D eigenvalue weighted by Crippen LogP contribution is -2.41. The van der Waals surface area contributed by atoms with E-state index >= 15 is 0 Å². The van der Waals surface area contributed by atoms with Crippen LogP contribution in [0.15, 0.2) is 10.9 Å². The van der Waals surface area contributed by atoms with Crippen molar-refractivity contribution in [1.29, 1.82) is 0 Å². The number of hydrogen-bond acceptors (Lipinski definition) is 4. The fourth-order valence-corrected chi connectivity index (χ4v) is 3.62. The fraction of sp³-hybridized carbons (Fsp3) is 0.733. The normalized spacial score (nSPS) is 16.8. The van der Waals surface area contributed by atoms with E-state index in [0.717, 1.165) is 36.9 Å². The number of rotatable bonds is 6. The Labute approximate surface area is 132 Å². The molecule has 1 atom stereocenters. The van der Waals surface area contributed by atoms with E-state index < -0.39 is 10.0 Å². The molecule has 0 aromatic carbocycles. The summed E-state index contributed by atoms with van der Waals surface area (Å²) in [5, 5.41) is 4.49. The predicted molar refractivity (Wildman–Crippen MR) is 86.4 cm³/mol. The van der Waals surface area contributed by atoms with Gasteiger partial charge in [-0.1, -0.05) is 13.3 Å². The first kappa shape index (κ1) is 17.1. The van der Waals surface area contributed by atoms with E-state index in [2.05, 4.69) is 9.82 Å². The van der Waals surface area contributed by atoms with E-state index in [9.17, 15) is 13.2 Å². The quantitative estimate of drug-likeness (QED) is 0.797. The van der Waals surface area contributed by atoms with Crippen LogP contribution in [0, 0.1) is 0 Å². The summed E-state index contributed by atoms with van der Waals surface area (Å²) in [4.78, 5) is 12.2. The predicted octanol–water partition coefficient (Wildman–Crippen LogP) is 1.23. The van der Waals surface area contributed by atoms with Crippen molar-refractivity contribution in [3.8, 4) is 0 Å². The molecule has 1 aliphatic carbocycles. The molecule has 6 nitrogen and oxygen atoms in total. The minimum absolute atomic E-state index is 0.0377. The summed E-state index contributed by atoms with van der Waals surface area (Å²) in [5.41, 5.74) is 1.90. The average molecular weight is 327 g/mol. The molecule has 0 bridgehead atoms. The number of sulfonamides is 1. The van der Waals surface area contributed by atoms with Gasteiger partial charge in [0.2, 0.25) is 10.0 Å². The highest BCUT2D eigenvalue weighted by molar-refractivity contribution is 7.89. The topological polar surface area (TPSA) is 81.1 Å². The molecule has 2 rings (SSSR count). The van der Waals surface area contributed by atoms with Crippen molar-refractivity contribution in [1.82, 2.24) is 14.5 Å². The summed E-state index contributed by atoms with van der Waals surface area (Å²) in [5.74, 6) is 0.0377. The second-order valence-electron chi connectivity index (χ2n) is 5.82. The van der Waals surface area contributed by atoms with Crippen molar-refractivity contribution in [2.45, 2.75) is 65.0 Å². The van der Waals surface area contributed by atoms with Crippen molar-refractivity contribution in [2.24, 2.45) is 0 Å². The third kappa shape index (κ3) is 4.39. The van der Waals surface area contributed by atoms with Crippen LogP contribution in [0.2, 0.25) is 0 Å². The highest BCUT2D eigenvalue weighted by Gasteiger charge is 2.18. The molecule has 0 saturated heterocycles. The molecule has 0 unspecified atom stereocenters. The third-order valence-corrected chi connectivity index (χ3v) is 5.59. The molecule has 1 aliphatic rings. The Bertz CT molecular complexity index is 667. The number of nitrogens with one attached hydrogen (secondary N) is 1. The molecule has 22 heavy (non-hydrogen) atoms. The zero-order valence-electron chi connectivity index (χ0n) is 13.3. The lowest BCUT2D eigenvalue weighted by Gasteiger charge is -2.18. The molecule has 0 radical (unpaired) electrons. The Morgan fingerprint density at radius 3 is 2.68 bits per heavy atom. The number of aryl methyl sites for hydroxylation is 2. The maximum Gasteiger partial charge on any atom is 0.267 e. The summed E-state index contributed by atoms with van der Waals surface area (Å²) in [6.07, 6.45) is 5.79. The number of hydrogen-bond donors (Lipinski definition) is 1. The van der Waals surface area contributed by atoms with Crippen molar-refractivity contribution >= 4 is 10.0 Å². The van der Waals surface area contributed by atoms with Gasteiger partial charge in [0.25, 0.3) is 5.56 Å². The molecule has 0 spiro atoms. The maximum absolute atomic E-state index is 12.2. The number of fused-ring (bicyclic) bond motifs is 1. The SMILES string of the molecule is CC[C@@H](Cn1nc2c(cc1=O)CCCCC2)NS(=O)(=O)CC. The second kappa shape index (κ2) is 7.37. The molecule has 0 fully saturated rings. The zero-order chi connectivity index (χ0) is 16.2. The van der Waals surface area contributed by atoms with Crippen LogP contribution >= 0.6 is 0 Å². The Hall–Kier alpha value is -1.21. The van der Waals surface area contributed by atoms with Crippen molar-refractivity contribution in [3.05, 3.63) is 27.7 Å². The first-order valence-corrected chi connectivity index (χ1v) is 9.70. The molecule has 7 heteroatoms. The molecular formula is C15H25N3O3S. The van der Waals surface area contributed by atoms with Gasteiger partial charge in [0.05, 0.1) is 18.0 Å². The van der Waals surface area contributed by atoms with Crippen LogP contribution in [-0.4, -0.2) is 30.0 Å². The first-order valence-electron chi connectivity index (χ1n) is 8.05. The van der Waals surface area contributed by atoms with E-state index in [0.29, 0.717) is 6.42 Å². The third-order valence-electron chi connectivity index (χ3n) is 4.14. The van der Waals surface area contributed by atoms with Crippen LogP contribution in [0.25, 0.3) is 0 Å². The second-order valence-corrected chi connectivity index (χ2v) is 7.87. The summed E-state index contributed by atoms with van der Waals surface area (Å²) in [7, 11) is -3.28. The van der Waals surface area contributed by atoms with E-state index in [1.54, 1.807) is 13.0 Å². The molecule has 124 valence electrons. The first-order chi connectivity index (χ1) is 10.4. The van der Waals surface area contributed by atoms with Gasteiger partial charge in [0.1, 0.15) is 0 Å². The molecule has 1 aromatic rings. The Balaban J connectivity index is 2.21. The summed E-state index contributed by atoms with van der Waals surface area (Å²) in [6.45, 7) is 3.78. The van der Waals surface area contributed by atoms with Gasteiger partial charge in [-0.05, 0) is 44.6 Å². The highest BCUT2D eigenvalue weighted by Crippen LogP contribution is 2.16. The van der Waals surface area contributed by atoms with Crippen LogP contribution in [0.3, 0.4) is 0 Å². The summed E-state index contributed by atoms with van der Waals surface area (Å²) >= 11 is 0. The molecule has 1 N–H and O–H groups in total. The minimum atomic E-state index is -3.28. The number of nitrogens with zero attached hydrogens (tertiary/aromatic N) is 2. The standard InChI is InChI=1S/C15H25N3O3S/c1-3-13(17-22(20,21)4-2)11-18-15(19)10-12-8-6-5-7-9-14(12)16-18/h10,13,17H,3-9,11H2,1-2H3/t13-/m0/s1. The molecular weight excluding hydrogens is 302 g/mol. The van der Waals surface area contributed by atoms with Crippen LogP contribution in [0.1, 0.15) is 50.8 Å². The van der Waals surface area contributed by atoms with Gasteiger partial charge in [-0.25, -0.2) is 17.8 Å². The summed E-state index contributed by atoms with van der Waals surface area (Å²) < 4.78 is 27.5. The minimum Gasteiger partial charge on any atom is -0.268 e. The monoisotopic (exact) mass is 327 g/mol. The van der Waals surface area contributed by atoms with Crippen LogP contribution in [0.4, 0.5) is 0 Å². The van der Waals surface area contributed by atoms with Crippen LogP contribution < -0.4 is 10.3 Å². The largest absolute Gasteiger partial charge is 0.268 e. The highest BCUT2D eigenvalue weighted by atomic mass is 32.2. The van der Waals surface area contributed by atoms with E-state index in [4.69, 9.17) is 0 Å². The van der Waals surface area contributed by atoms with Crippen molar-refractivity contribution in [3.63, 3.8) is 0 Å². The van der Waals surface area contributed by atoms with Gasteiger partial charge >= 0.3 is 0 Å². The van der Waals surface area contributed by atoms with Crippen LogP contribution in [-0.2, 0) is 29.4 Å². The van der Waals surface area contributed by atoms with Crippen molar-refractivity contribution in [2.75, 3.05) is 5.75 Å². The molecule has 0 amide bonds. The fourth-order valence-electron chi connectivity index (χ4n) is 2.70. The molecule has 0 aliphatic heterocycles. The van der Waals surface area contributed by atoms with E-state index in [1.165, 1.54) is 11.1 Å². The van der Waals surface area contributed by atoms with E-state index in [-0.39, 0.29) is 23.9 Å². The Morgan fingerprint density at radius 2 is 2.00 bits per heavy atom. The van der Waals surface area contributed by atoms with Gasteiger partial charge in [0, 0.05) is 12.1 Å². The van der Waals surface area contributed by atoms with Gasteiger partial charge in [-0.3, -0.25) is 4.79 Å². The Kier molecular flexibility index (Phi) is 5.74. The lowest BCUT2D eigenvalue weighted by molar-refractivity contribution is 0.441. The molecule has 1 heterocycles. The van der Waals surface area contributed by atoms with Gasteiger partial charge < -0.3 is 0 Å². The van der Waals surface area contributed by atoms with Crippen molar-refractivity contribution < 1.29 is 8.42 Å². The Morgan fingerprint density at radius 1 is 1.27 bits per heavy atom. The van der Waals surface area contributed by atoms with Gasteiger partial charge in [-0.2, -0.15) is 5.10 Å². The van der Waals surface area contributed by atoms with E-state index in [1.807, 2.05) is 6.92 Å². The zero-order valence-corrected chi connectivity index (χ0v) is 14.2. The van der Waals surface area contributed by atoms with Gasteiger partial charge in [0.15, 0.2) is 0 Å². The van der Waals surface area contributed by atoms with Crippen LogP contribution in [0.5, 0.6) is 0 Å². The average Bonchev–Trinajstić information content (AvgIpc) is 2.71. The summed E-state index contributed by atoms with van der Waals surface area (Å²) in [6, 6.07) is 1.37. The molecule has 1 aromatic heterocycles. The van der Waals surface area contributed by atoms with Gasteiger partial charge in [-0.15, -0.1) is 0 Å². The molecule has 0 saturated carbocycles. The lowest BCUT2D eigenvalue weighted by atomic mass is 10.1.